The second-order valence-electron chi connectivity index (χ2n) is 6.45. The number of fused-ring (bicyclic) bond motifs is 2. The molecule has 0 unspecified atom stereocenters. The van der Waals surface area contributed by atoms with Gasteiger partial charge in [0.25, 0.3) is 0 Å². The summed E-state index contributed by atoms with van der Waals surface area (Å²) in [4.78, 5) is 7.05. The van der Waals surface area contributed by atoms with Crippen molar-refractivity contribution in [3.8, 4) is 10.4 Å². The molecule has 1 N–H and O–H groups in total. The predicted octanol–water partition coefficient (Wildman–Crippen LogP) is 6.18. The van der Waals surface area contributed by atoms with E-state index in [1.165, 1.54) is 21.0 Å². The maximum Gasteiger partial charge on any atom is 0.346 e. The largest absolute Gasteiger partial charge is 0.349 e. The summed E-state index contributed by atoms with van der Waals surface area (Å²) in [6, 6.07) is 20.7. The van der Waals surface area contributed by atoms with Crippen molar-refractivity contribution in [1.29, 1.82) is 0 Å². The van der Waals surface area contributed by atoms with Gasteiger partial charge in [-0.1, -0.05) is 83.8 Å². The Bertz CT molecular complexity index is 1230. The zero-order valence-corrected chi connectivity index (χ0v) is 17.2. The number of aromatic nitrogens is 2. The minimum absolute atomic E-state index is 0.985. The van der Waals surface area contributed by atoms with Crippen LogP contribution in [0.3, 0.4) is 0 Å². The summed E-state index contributed by atoms with van der Waals surface area (Å²) < 4.78 is 2.14. The molecule has 5 heteroatoms. The van der Waals surface area contributed by atoms with Crippen LogP contribution in [0.4, 0.5) is 5.69 Å². The lowest BCUT2D eigenvalue weighted by molar-refractivity contribution is -0.510. The Morgan fingerprint density at radius 3 is 2.66 bits per heavy atom. The molecule has 3 heterocycles. The van der Waals surface area contributed by atoms with Gasteiger partial charge in [-0.15, -0.1) is 0 Å². The lowest BCUT2D eigenvalue weighted by atomic mass is 10.2. The maximum atomic E-state index is 4.60. The van der Waals surface area contributed by atoms with E-state index >= 15 is 0 Å². The van der Waals surface area contributed by atoms with Crippen molar-refractivity contribution < 1.29 is 4.40 Å². The van der Waals surface area contributed by atoms with Gasteiger partial charge in [0.1, 0.15) is 17.3 Å². The molecule has 0 saturated heterocycles. The number of nitrogens with one attached hydrogen (secondary N) is 1. The minimum atomic E-state index is 0.985. The van der Waals surface area contributed by atoms with Crippen LogP contribution in [0.15, 0.2) is 107 Å². The monoisotopic (exact) mass is 412 g/mol. The van der Waals surface area contributed by atoms with E-state index in [-0.39, 0.29) is 0 Å². The van der Waals surface area contributed by atoms with E-state index < -0.39 is 0 Å². The van der Waals surface area contributed by atoms with Crippen LogP contribution in [-0.2, 0) is 0 Å². The molecule has 0 aliphatic carbocycles. The first kappa shape index (κ1) is 17.9. The molecule has 3 nitrogen and oxygen atoms in total. The number of thioether (sulfide) groups is 1. The normalized spacial score (nSPS) is 14.8. The fourth-order valence-corrected chi connectivity index (χ4v) is 5.18. The molecule has 2 aromatic carbocycles. The second-order valence-corrected chi connectivity index (χ2v) is 8.56. The summed E-state index contributed by atoms with van der Waals surface area (Å²) in [6.45, 7) is 0. The smallest absolute Gasteiger partial charge is 0.346 e. The van der Waals surface area contributed by atoms with Crippen LogP contribution in [-0.4, -0.2) is 4.98 Å². The summed E-state index contributed by atoms with van der Waals surface area (Å²) in [7, 11) is 0. The Morgan fingerprint density at radius 2 is 1.76 bits per heavy atom. The molecule has 4 aromatic rings. The van der Waals surface area contributed by atoms with E-state index in [9.17, 15) is 0 Å². The Kier molecular flexibility index (Phi) is 4.99. The van der Waals surface area contributed by atoms with Crippen LogP contribution < -0.4 is 9.72 Å². The van der Waals surface area contributed by atoms with Gasteiger partial charge in [0.05, 0.1) is 10.7 Å². The van der Waals surface area contributed by atoms with E-state index in [0.717, 1.165) is 15.7 Å². The summed E-state index contributed by atoms with van der Waals surface area (Å²) in [6.07, 6.45) is 14.3. The van der Waals surface area contributed by atoms with Crippen LogP contribution in [0.5, 0.6) is 0 Å². The molecule has 0 bridgehead atoms. The molecule has 0 saturated carbocycles. The Morgan fingerprint density at radius 1 is 0.897 bits per heavy atom. The molecule has 1 aliphatic heterocycles. The van der Waals surface area contributed by atoms with Gasteiger partial charge in [-0.05, 0) is 29.3 Å². The molecule has 0 amide bonds. The predicted molar refractivity (Wildman–Crippen MR) is 123 cm³/mol. The molecular formula is C24H18N3S2+. The van der Waals surface area contributed by atoms with Crippen LogP contribution in [0, 0.1) is 0 Å². The van der Waals surface area contributed by atoms with E-state index in [2.05, 4.69) is 99.8 Å². The van der Waals surface area contributed by atoms with Crippen molar-refractivity contribution in [3.05, 3.63) is 107 Å². The molecule has 5 rings (SSSR count). The third-order valence-corrected chi connectivity index (χ3v) is 6.70. The summed E-state index contributed by atoms with van der Waals surface area (Å²) in [5, 5.41) is 5.71. The number of nitrogens with zero attached hydrogens (tertiary/aromatic N) is 2. The van der Waals surface area contributed by atoms with Gasteiger partial charge in [-0.3, -0.25) is 0 Å². The average molecular weight is 413 g/mol. The standard InChI is InChI=1S/C24H17N3S2/c1-3-10-18(11-4-1)23-24-25-16-9-17-27(24)22(29-23)15-6-2-5-14-21-26-19-12-7-8-13-20(19)28-21/h1-17H/p+1. The fourth-order valence-electron chi connectivity index (χ4n) is 3.16. The van der Waals surface area contributed by atoms with Crippen molar-refractivity contribution in [1.82, 2.24) is 4.98 Å². The Balaban J connectivity index is 1.36. The van der Waals surface area contributed by atoms with Crippen molar-refractivity contribution >= 4 is 40.5 Å². The van der Waals surface area contributed by atoms with Gasteiger partial charge in [-0.2, -0.15) is 4.40 Å². The summed E-state index contributed by atoms with van der Waals surface area (Å²) in [5.74, 6) is 0. The van der Waals surface area contributed by atoms with Gasteiger partial charge in [-0.25, -0.2) is 0 Å². The van der Waals surface area contributed by atoms with Gasteiger partial charge >= 0.3 is 5.65 Å². The third-order valence-electron chi connectivity index (χ3n) is 4.50. The molecular weight excluding hydrogens is 394 g/mol. The summed E-state index contributed by atoms with van der Waals surface area (Å²) in [5.41, 5.74) is 3.35. The minimum Gasteiger partial charge on any atom is -0.349 e. The highest BCUT2D eigenvalue weighted by atomic mass is 32.2. The zero-order valence-electron chi connectivity index (χ0n) is 15.5. The quantitative estimate of drug-likeness (QED) is 0.321. The highest BCUT2D eigenvalue weighted by Crippen LogP contribution is 2.40. The van der Waals surface area contributed by atoms with Crippen molar-refractivity contribution in [3.63, 3.8) is 0 Å². The maximum absolute atomic E-state index is 4.60. The van der Waals surface area contributed by atoms with Crippen LogP contribution >= 0.6 is 23.1 Å². The lowest BCUT2D eigenvalue weighted by Gasteiger charge is -1.95. The number of hydrogen-bond acceptors (Lipinski definition) is 4. The van der Waals surface area contributed by atoms with Crippen LogP contribution in [0.1, 0.15) is 5.01 Å². The third kappa shape index (κ3) is 3.75. The average Bonchev–Trinajstić information content (AvgIpc) is 3.35. The first-order chi connectivity index (χ1) is 14.4. The number of benzene rings is 2. The number of anilines is 1. The Labute approximate surface area is 177 Å². The summed E-state index contributed by atoms with van der Waals surface area (Å²) >= 11 is 3.51. The first-order valence-corrected chi connectivity index (χ1v) is 11.0. The number of allylic oxidation sites excluding steroid dienone is 4. The van der Waals surface area contributed by atoms with E-state index in [4.69, 9.17) is 0 Å². The number of para-hydroxylation sites is 1. The van der Waals surface area contributed by atoms with E-state index in [1.807, 2.05) is 18.3 Å². The molecule has 140 valence electrons. The zero-order chi connectivity index (χ0) is 19.5. The fraction of sp³-hybridized carbons (Fsp3) is 0. The highest BCUT2D eigenvalue weighted by molar-refractivity contribution is 8.03. The molecule has 2 aromatic heterocycles. The number of hydrogen-bond donors (Lipinski definition) is 1. The van der Waals surface area contributed by atoms with Gasteiger partial charge in [0.2, 0.25) is 0 Å². The molecule has 0 radical (unpaired) electrons. The highest BCUT2D eigenvalue weighted by Gasteiger charge is 2.19. The topological polar surface area (TPSA) is 29.0 Å². The van der Waals surface area contributed by atoms with Crippen LogP contribution in [0.25, 0.3) is 22.2 Å². The molecule has 29 heavy (non-hydrogen) atoms. The van der Waals surface area contributed by atoms with Crippen molar-refractivity contribution in [2.24, 2.45) is 0 Å². The molecule has 0 fully saturated rings. The van der Waals surface area contributed by atoms with E-state index in [0.29, 0.717) is 0 Å². The van der Waals surface area contributed by atoms with Crippen LogP contribution in [0.2, 0.25) is 0 Å². The number of thiazole rings is 1. The second kappa shape index (κ2) is 8.07. The first-order valence-electron chi connectivity index (χ1n) is 9.32. The molecule has 0 atom stereocenters. The van der Waals surface area contributed by atoms with Gasteiger partial charge in [0, 0.05) is 16.5 Å². The lowest BCUT2D eigenvalue weighted by Crippen LogP contribution is -2.21. The van der Waals surface area contributed by atoms with Gasteiger partial charge in [0.15, 0.2) is 5.01 Å². The SMILES string of the molecule is C(=CC=C1Nc2ccccc2S1)C=Cc1sc(-c2ccccc2)c2nccc[n+]12. The van der Waals surface area contributed by atoms with Crippen molar-refractivity contribution in [2.75, 3.05) is 5.32 Å². The molecule has 1 aliphatic rings. The van der Waals surface area contributed by atoms with Gasteiger partial charge < -0.3 is 5.32 Å². The Hall–Kier alpha value is -3.15. The van der Waals surface area contributed by atoms with Crippen molar-refractivity contribution in [2.45, 2.75) is 4.90 Å². The number of rotatable bonds is 4. The molecule has 0 spiro atoms. The van der Waals surface area contributed by atoms with E-state index in [1.54, 1.807) is 23.1 Å².